The average Bonchev–Trinajstić information content (AvgIpc) is 3.12. The van der Waals surface area contributed by atoms with Crippen molar-refractivity contribution < 1.29 is 14.4 Å². The summed E-state index contributed by atoms with van der Waals surface area (Å²) in [6.45, 7) is 0. The maximum Gasteiger partial charge on any atom is 0.270 e. The zero-order valence-corrected chi connectivity index (χ0v) is 16.1. The van der Waals surface area contributed by atoms with Gasteiger partial charge in [-0.15, -0.1) is 0 Å². The van der Waals surface area contributed by atoms with Crippen LogP contribution in [0.2, 0.25) is 10.0 Å². The van der Waals surface area contributed by atoms with Gasteiger partial charge in [0.05, 0.1) is 26.2 Å². The molecule has 4 aromatic rings. The molecule has 0 fully saturated rings. The van der Waals surface area contributed by atoms with Crippen molar-refractivity contribution in [3.05, 3.63) is 80.3 Å². The molecule has 0 unspecified atom stereocenters. The third-order valence-electron chi connectivity index (χ3n) is 4.13. The van der Waals surface area contributed by atoms with Gasteiger partial charge in [0.25, 0.3) is 5.69 Å². The quantitative estimate of drug-likeness (QED) is 0.238. The lowest BCUT2D eigenvalue weighted by atomic mass is 10.2. The molecule has 0 radical (unpaired) electrons. The zero-order chi connectivity index (χ0) is 20.5. The zero-order valence-electron chi connectivity index (χ0n) is 14.5. The Bertz CT molecular complexity index is 1280. The Balaban J connectivity index is 1.68. The molecule has 144 valence electrons. The first kappa shape index (κ1) is 18.9. The highest BCUT2D eigenvalue weighted by Crippen LogP contribution is 2.35. The van der Waals surface area contributed by atoms with E-state index in [-0.39, 0.29) is 17.0 Å². The van der Waals surface area contributed by atoms with Gasteiger partial charge >= 0.3 is 0 Å². The molecule has 0 aliphatic heterocycles. The number of non-ortho nitro benzene ring substituents is 1. The summed E-state index contributed by atoms with van der Waals surface area (Å²) in [4.78, 5) is 19.0. The molecule has 0 aliphatic carbocycles. The predicted octanol–water partition coefficient (Wildman–Crippen LogP) is 6.17. The van der Waals surface area contributed by atoms with E-state index in [2.05, 4.69) is 9.98 Å². The summed E-state index contributed by atoms with van der Waals surface area (Å²) in [5.41, 5.74) is 2.27. The van der Waals surface area contributed by atoms with Crippen LogP contribution in [0, 0.1) is 10.1 Å². The number of nitrogens with zero attached hydrogens (tertiary/aromatic N) is 3. The highest BCUT2D eigenvalue weighted by atomic mass is 35.5. The Morgan fingerprint density at radius 3 is 2.76 bits per heavy atom. The van der Waals surface area contributed by atoms with Crippen LogP contribution < -0.4 is 0 Å². The highest BCUT2D eigenvalue weighted by molar-refractivity contribution is 6.43. The molecule has 4 rings (SSSR count). The molecule has 9 heteroatoms. The Labute approximate surface area is 174 Å². The number of nitro groups is 1. The lowest BCUT2D eigenvalue weighted by Crippen LogP contribution is -1.90. The summed E-state index contributed by atoms with van der Waals surface area (Å²) in [7, 11) is 0. The predicted molar refractivity (Wildman–Crippen MR) is 111 cm³/mol. The van der Waals surface area contributed by atoms with E-state index in [0.717, 1.165) is 0 Å². The summed E-state index contributed by atoms with van der Waals surface area (Å²) in [6.07, 6.45) is 1.35. The van der Waals surface area contributed by atoms with Crippen LogP contribution in [0.5, 0.6) is 5.75 Å². The fraction of sp³-hybridized carbons (Fsp3) is 0. The van der Waals surface area contributed by atoms with Crippen LogP contribution in [0.25, 0.3) is 22.6 Å². The monoisotopic (exact) mass is 427 g/mol. The average molecular weight is 428 g/mol. The molecule has 0 spiro atoms. The molecule has 1 heterocycles. The van der Waals surface area contributed by atoms with Gasteiger partial charge in [-0.3, -0.25) is 15.1 Å². The molecule has 0 bridgehead atoms. The fourth-order valence-corrected chi connectivity index (χ4v) is 3.06. The van der Waals surface area contributed by atoms with Crippen molar-refractivity contribution in [3.63, 3.8) is 0 Å². The fourth-order valence-electron chi connectivity index (χ4n) is 2.68. The Morgan fingerprint density at radius 1 is 1.14 bits per heavy atom. The van der Waals surface area contributed by atoms with Crippen molar-refractivity contribution in [1.29, 1.82) is 0 Å². The van der Waals surface area contributed by atoms with Gasteiger partial charge in [0, 0.05) is 23.9 Å². The number of fused-ring (bicyclic) bond motifs is 1. The first-order valence-electron chi connectivity index (χ1n) is 8.29. The molecule has 29 heavy (non-hydrogen) atoms. The SMILES string of the molecule is O=[N+]([O-])c1ccc(O)c(C=Nc2ccc3oc(-c4cccc(Cl)c4Cl)nc3c2)c1. The molecule has 3 aromatic carbocycles. The molecule has 0 amide bonds. The molecule has 0 aliphatic rings. The van der Waals surface area contributed by atoms with Crippen molar-refractivity contribution in [1.82, 2.24) is 4.98 Å². The topological polar surface area (TPSA) is 102 Å². The van der Waals surface area contributed by atoms with Crippen molar-refractivity contribution in [2.45, 2.75) is 0 Å². The van der Waals surface area contributed by atoms with E-state index in [1.807, 2.05) is 0 Å². The van der Waals surface area contributed by atoms with Gasteiger partial charge < -0.3 is 9.52 Å². The second-order valence-corrected chi connectivity index (χ2v) is 6.82. The normalized spacial score (nSPS) is 11.4. The lowest BCUT2D eigenvalue weighted by molar-refractivity contribution is -0.384. The number of aliphatic imine (C=N–C) groups is 1. The van der Waals surface area contributed by atoms with Gasteiger partial charge in [-0.1, -0.05) is 29.3 Å². The molecule has 1 N–H and O–H groups in total. The molecule has 0 atom stereocenters. The van der Waals surface area contributed by atoms with E-state index in [0.29, 0.717) is 38.3 Å². The molecule has 0 saturated heterocycles. The van der Waals surface area contributed by atoms with Crippen LogP contribution in [-0.2, 0) is 0 Å². The standard InChI is InChI=1S/C20H11Cl2N3O4/c21-15-3-1-2-14(19(15)22)20-24-16-9-12(4-7-18(16)29-20)23-10-11-8-13(25(27)28)5-6-17(11)26/h1-10,26H. The van der Waals surface area contributed by atoms with E-state index in [9.17, 15) is 15.2 Å². The van der Waals surface area contributed by atoms with E-state index < -0.39 is 4.92 Å². The Morgan fingerprint density at radius 2 is 1.97 bits per heavy atom. The number of oxazole rings is 1. The second kappa shape index (κ2) is 7.54. The molecular weight excluding hydrogens is 417 g/mol. The minimum Gasteiger partial charge on any atom is -0.507 e. The first-order chi connectivity index (χ1) is 13.9. The molecular formula is C20H11Cl2N3O4. The van der Waals surface area contributed by atoms with Crippen LogP contribution >= 0.6 is 23.2 Å². The van der Waals surface area contributed by atoms with Crippen molar-refractivity contribution >= 4 is 51.9 Å². The minimum atomic E-state index is -0.541. The highest BCUT2D eigenvalue weighted by Gasteiger charge is 2.14. The molecule has 0 saturated carbocycles. The summed E-state index contributed by atoms with van der Waals surface area (Å²) >= 11 is 12.3. The van der Waals surface area contributed by atoms with Crippen LogP contribution in [0.4, 0.5) is 11.4 Å². The van der Waals surface area contributed by atoms with Gasteiger partial charge in [-0.05, 0) is 36.4 Å². The third-order valence-corrected chi connectivity index (χ3v) is 4.95. The van der Waals surface area contributed by atoms with Crippen LogP contribution in [0.1, 0.15) is 5.56 Å². The number of hydrogen-bond acceptors (Lipinski definition) is 6. The van der Waals surface area contributed by atoms with Crippen molar-refractivity contribution in [2.24, 2.45) is 4.99 Å². The Kier molecular flexibility index (Phi) is 4.92. The summed E-state index contributed by atoms with van der Waals surface area (Å²) in [6, 6.07) is 14.0. The summed E-state index contributed by atoms with van der Waals surface area (Å²) < 4.78 is 5.75. The van der Waals surface area contributed by atoms with Crippen LogP contribution in [0.3, 0.4) is 0 Å². The van der Waals surface area contributed by atoms with Gasteiger partial charge in [-0.25, -0.2) is 4.98 Å². The molecule has 7 nitrogen and oxygen atoms in total. The smallest absolute Gasteiger partial charge is 0.270 e. The number of phenolic OH excluding ortho intramolecular Hbond substituents is 1. The number of phenols is 1. The summed E-state index contributed by atoms with van der Waals surface area (Å²) in [5.74, 6) is 0.213. The maximum atomic E-state index is 10.9. The van der Waals surface area contributed by atoms with Gasteiger partial charge in [0.1, 0.15) is 11.3 Å². The van der Waals surface area contributed by atoms with E-state index in [4.69, 9.17) is 27.6 Å². The molecule has 1 aromatic heterocycles. The first-order valence-corrected chi connectivity index (χ1v) is 9.04. The van der Waals surface area contributed by atoms with Gasteiger partial charge in [-0.2, -0.15) is 0 Å². The van der Waals surface area contributed by atoms with Crippen molar-refractivity contribution in [2.75, 3.05) is 0 Å². The lowest BCUT2D eigenvalue weighted by Gasteiger charge is -2.00. The minimum absolute atomic E-state index is 0.111. The number of hydrogen-bond donors (Lipinski definition) is 1. The summed E-state index contributed by atoms with van der Waals surface area (Å²) in [5, 5.41) is 21.5. The number of nitro benzene ring substituents is 1. The van der Waals surface area contributed by atoms with Crippen LogP contribution in [0.15, 0.2) is 64.0 Å². The van der Waals surface area contributed by atoms with E-state index in [1.54, 1.807) is 36.4 Å². The van der Waals surface area contributed by atoms with E-state index in [1.165, 1.54) is 24.4 Å². The number of halogens is 2. The van der Waals surface area contributed by atoms with E-state index >= 15 is 0 Å². The number of aromatic nitrogens is 1. The number of rotatable bonds is 4. The maximum absolute atomic E-state index is 10.9. The van der Waals surface area contributed by atoms with Crippen molar-refractivity contribution in [3.8, 4) is 17.2 Å². The second-order valence-electron chi connectivity index (χ2n) is 6.03. The van der Waals surface area contributed by atoms with Gasteiger partial charge in [0.2, 0.25) is 5.89 Å². The number of benzene rings is 3. The third kappa shape index (κ3) is 3.78. The largest absolute Gasteiger partial charge is 0.507 e. The van der Waals surface area contributed by atoms with Crippen LogP contribution in [-0.4, -0.2) is 21.2 Å². The van der Waals surface area contributed by atoms with Gasteiger partial charge in [0.15, 0.2) is 5.58 Å². The Hall–Kier alpha value is -3.42. The number of aromatic hydroxyl groups is 1.